The van der Waals surface area contributed by atoms with Crippen molar-refractivity contribution >= 4 is 22.7 Å². The van der Waals surface area contributed by atoms with Crippen LogP contribution in [0.3, 0.4) is 0 Å². The molecule has 48 heavy (non-hydrogen) atoms. The van der Waals surface area contributed by atoms with Gasteiger partial charge in [0.05, 0.1) is 6.04 Å². The van der Waals surface area contributed by atoms with E-state index in [2.05, 4.69) is 107 Å². The molecule has 1 aliphatic heterocycles. The third kappa shape index (κ3) is 4.72. The van der Waals surface area contributed by atoms with Crippen LogP contribution in [0.2, 0.25) is 0 Å². The maximum absolute atomic E-state index is 2.84. The average molecular weight is 631 g/mol. The quantitative estimate of drug-likeness (QED) is 0.305. The first-order chi connectivity index (χ1) is 23.8. The highest BCUT2D eigenvalue weighted by molar-refractivity contribution is 6.00. The van der Waals surface area contributed by atoms with Crippen molar-refractivity contribution in [3.63, 3.8) is 0 Å². The largest absolute Gasteiger partial charge is 0.341 e. The van der Waals surface area contributed by atoms with Crippen LogP contribution in [0, 0.1) is 17.8 Å². The molecule has 2 nitrogen and oxygen atoms in total. The molecule has 2 heterocycles. The first-order valence-electron chi connectivity index (χ1n) is 19.5. The van der Waals surface area contributed by atoms with E-state index >= 15 is 0 Å². The molecular weight excluding hydrogens is 581 g/mol. The van der Waals surface area contributed by atoms with Crippen LogP contribution >= 0.6 is 0 Å². The maximum atomic E-state index is 2.84. The van der Waals surface area contributed by atoms with Crippen LogP contribution in [0.1, 0.15) is 112 Å². The monoisotopic (exact) mass is 630 g/mol. The van der Waals surface area contributed by atoms with E-state index in [1.807, 2.05) is 0 Å². The molecule has 0 amide bonds. The number of hydrogen-bond acceptors (Lipinski definition) is 1. The minimum absolute atomic E-state index is 0.388. The summed E-state index contributed by atoms with van der Waals surface area (Å²) in [5.41, 5.74) is 13.9. The Morgan fingerprint density at radius 3 is 2.58 bits per heavy atom. The zero-order chi connectivity index (χ0) is 31.6. The highest BCUT2D eigenvalue weighted by Gasteiger charge is 2.43. The number of aromatic nitrogens is 1. The second-order valence-corrected chi connectivity index (χ2v) is 15.8. The van der Waals surface area contributed by atoms with E-state index in [1.54, 1.807) is 27.8 Å². The number of fused-ring (bicyclic) bond motifs is 8. The number of nitrogens with zero attached hydrogens (tertiary/aromatic N) is 2. The van der Waals surface area contributed by atoms with Gasteiger partial charge in [0, 0.05) is 45.5 Å². The van der Waals surface area contributed by atoms with Crippen LogP contribution in [0.25, 0.3) is 17.0 Å². The van der Waals surface area contributed by atoms with Crippen LogP contribution in [-0.4, -0.2) is 10.6 Å². The Morgan fingerprint density at radius 1 is 0.750 bits per heavy atom. The fourth-order valence-electron chi connectivity index (χ4n) is 10.9. The second kappa shape index (κ2) is 12.0. The van der Waals surface area contributed by atoms with Crippen molar-refractivity contribution < 1.29 is 0 Å². The predicted molar refractivity (Wildman–Crippen MR) is 202 cm³/mol. The van der Waals surface area contributed by atoms with Crippen LogP contribution in [0.15, 0.2) is 114 Å². The number of anilines is 1. The summed E-state index contributed by atoms with van der Waals surface area (Å²) in [6.45, 7) is 0. The number of benzene rings is 1. The second-order valence-electron chi connectivity index (χ2n) is 15.8. The molecule has 0 saturated carbocycles. The highest BCUT2D eigenvalue weighted by Crippen LogP contribution is 2.54. The van der Waals surface area contributed by atoms with Crippen molar-refractivity contribution in [2.24, 2.45) is 17.8 Å². The predicted octanol–water partition coefficient (Wildman–Crippen LogP) is 11.9. The first-order valence-corrected chi connectivity index (χ1v) is 19.5. The van der Waals surface area contributed by atoms with Gasteiger partial charge in [0.15, 0.2) is 0 Å². The molecule has 2 heteroatoms. The van der Waals surface area contributed by atoms with Gasteiger partial charge < -0.3 is 9.47 Å². The van der Waals surface area contributed by atoms with E-state index < -0.39 is 0 Å². The van der Waals surface area contributed by atoms with Crippen LogP contribution < -0.4 is 4.90 Å². The summed E-state index contributed by atoms with van der Waals surface area (Å²) >= 11 is 0. The van der Waals surface area contributed by atoms with E-state index in [9.17, 15) is 0 Å². The number of rotatable bonds is 4. The van der Waals surface area contributed by atoms with Gasteiger partial charge in [-0.05, 0) is 143 Å². The zero-order valence-electron chi connectivity index (χ0n) is 28.5. The Morgan fingerprint density at radius 2 is 1.67 bits per heavy atom. The molecule has 7 aliphatic carbocycles. The molecule has 0 radical (unpaired) electrons. The first kappa shape index (κ1) is 29.2. The van der Waals surface area contributed by atoms with Crippen molar-refractivity contribution in [2.45, 2.75) is 108 Å². The van der Waals surface area contributed by atoms with Crippen molar-refractivity contribution in [3.05, 3.63) is 130 Å². The molecular formula is C46H50N2. The Bertz CT molecular complexity index is 1930. The molecule has 1 aromatic carbocycles. The standard InChI is InChI=1S/C46H50N2/c1-3-13-31(14-4-1)35-27-36(32-15-5-2-6-16-32)30-38(29-35)48-42-22-12-10-20-40(42)46-44(48)26-25-43-45(46)39-19-9-11-21-41(39)47(43)37-24-23-33-17-7-8-18-34(33)28-37/h3,5,8-9,12-15,18-19,22-23,25-26,29-30,32,34,36-37,40,42H,1-2,4,6-7,10-11,16-17,20-21,24,27-28H2. The third-order valence-electron chi connectivity index (χ3n) is 13.1. The van der Waals surface area contributed by atoms with Gasteiger partial charge >= 0.3 is 0 Å². The Kier molecular flexibility index (Phi) is 7.27. The van der Waals surface area contributed by atoms with E-state index in [4.69, 9.17) is 0 Å². The molecule has 0 N–H and O–H groups in total. The third-order valence-corrected chi connectivity index (χ3v) is 13.1. The summed E-state index contributed by atoms with van der Waals surface area (Å²) in [5, 5.41) is 1.57. The van der Waals surface area contributed by atoms with E-state index in [-0.39, 0.29) is 0 Å². The van der Waals surface area contributed by atoms with Gasteiger partial charge in [-0.1, -0.05) is 84.6 Å². The van der Waals surface area contributed by atoms with Gasteiger partial charge in [0.2, 0.25) is 0 Å². The van der Waals surface area contributed by atoms with Gasteiger partial charge in [-0.2, -0.15) is 0 Å². The lowest BCUT2D eigenvalue weighted by Crippen LogP contribution is -2.34. The summed E-state index contributed by atoms with van der Waals surface area (Å²) in [4.78, 5) is 2.79. The van der Waals surface area contributed by atoms with Crippen molar-refractivity contribution in [1.29, 1.82) is 0 Å². The fraction of sp³-hybridized carbons (Fsp3) is 0.435. The highest BCUT2D eigenvalue weighted by atomic mass is 15.2. The lowest BCUT2D eigenvalue weighted by Gasteiger charge is -2.36. The van der Waals surface area contributed by atoms with Crippen LogP contribution in [0.4, 0.5) is 5.69 Å². The molecule has 8 aliphatic rings. The fourth-order valence-corrected chi connectivity index (χ4v) is 10.9. The van der Waals surface area contributed by atoms with Crippen molar-refractivity contribution in [1.82, 2.24) is 4.57 Å². The molecule has 0 saturated heterocycles. The van der Waals surface area contributed by atoms with E-state index in [0.29, 0.717) is 35.8 Å². The maximum Gasteiger partial charge on any atom is 0.0591 e. The molecule has 10 rings (SSSR count). The molecule has 6 unspecified atom stereocenters. The van der Waals surface area contributed by atoms with Gasteiger partial charge in [-0.3, -0.25) is 0 Å². The summed E-state index contributed by atoms with van der Waals surface area (Å²) < 4.78 is 2.84. The Hall–Kier alpha value is -3.78. The van der Waals surface area contributed by atoms with Crippen LogP contribution in [0.5, 0.6) is 0 Å². The molecule has 2 aromatic rings. The molecule has 244 valence electrons. The topological polar surface area (TPSA) is 8.17 Å². The molecule has 0 fully saturated rings. The minimum atomic E-state index is 0.388. The average Bonchev–Trinajstić information content (AvgIpc) is 3.68. The smallest absolute Gasteiger partial charge is 0.0591 e. The number of hydrogen-bond donors (Lipinski definition) is 0. The van der Waals surface area contributed by atoms with Gasteiger partial charge in [-0.15, -0.1) is 0 Å². The minimum Gasteiger partial charge on any atom is -0.341 e. The van der Waals surface area contributed by atoms with Crippen molar-refractivity contribution in [3.8, 4) is 0 Å². The lowest BCUT2D eigenvalue weighted by atomic mass is 9.76. The normalized spacial score (nSPS) is 31.9. The summed E-state index contributed by atoms with van der Waals surface area (Å²) in [7, 11) is 0. The summed E-state index contributed by atoms with van der Waals surface area (Å²) in [5.74, 6) is 2.36. The molecule has 6 atom stereocenters. The Labute approximate surface area is 287 Å². The van der Waals surface area contributed by atoms with Gasteiger partial charge in [0.1, 0.15) is 0 Å². The summed E-state index contributed by atoms with van der Waals surface area (Å²) in [6, 6.07) is 6.01. The Balaban J connectivity index is 1.13. The zero-order valence-corrected chi connectivity index (χ0v) is 28.5. The SMILES string of the molecule is C1=CC(C2=CC(N3c4ccc5c(c6c(n5C5CC=C7CCC=CC7C5)CCC=C6)c4C4CCC=CC43)=CC(C3C=CCCC3)C2)=CCC1. The molecule has 1 aromatic heterocycles. The van der Waals surface area contributed by atoms with E-state index in [0.717, 1.165) is 19.3 Å². The summed E-state index contributed by atoms with van der Waals surface area (Å²) in [6.07, 6.45) is 52.2. The van der Waals surface area contributed by atoms with E-state index in [1.165, 1.54) is 98.7 Å². The van der Waals surface area contributed by atoms with Gasteiger partial charge in [0.25, 0.3) is 0 Å². The molecule has 0 bridgehead atoms. The lowest BCUT2D eigenvalue weighted by molar-refractivity contribution is 0.401. The van der Waals surface area contributed by atoms with Crippen molar-refractivity contribution in [2.75, 3.05) is 4.90 Å². The van der Waals surface area contributed by atoms with Gasteiger partial charge in [-0.25, -0.2) is 0 Å². The molecule has 0 spiro atoms. The number of allylic oxidation sites excluding steroid dienone is 15. The van der Waals surface area contributed by atoms with Crippen LogP contribution in [-0.2, 0) is 6.42 Å².